The Morgan fingerprint density at radius 3 is 3.15 bits per heavy atom. The number of H-pyrrole nitrogens is 1. The van der Waals surface area contributed by atoms with Gasteiger partial charge in [-0.1, -0.05) is 6.92 Å². The van der Waals surface area contributed by atoms with Gasteiger partial charge in [-0.2, -0.15) is 5.10 Å². The van der Waals surface area contributed by atoms with Crippen LogP contribution in [0.1, 0.15) is 25.5 Å². The molecule has 0 saturated carbocycles. The van der Waals surface area contributed by atoms with Crippen LogP contribution < -0.4 is 5.32 Å². The topological polar surface area (TPSA) is 40.7 Å². The Hall–Kier alpha value is -1.27. The van der Waals surface area contributed by atoms with Crippen LogP contribution in [0.5, 0.6) is 0 Å². The van der Waals surface area contributed by atoms with Crippen molar-refractivity contribution in [3.8, 4) is 12.3 Å². The lowest BCUT2D eigenvalue weighted by molar-refractivity contribution is 0.502. The van der Waals surface area contributed by atoms with Crippen LogP contribution in [0.3, 0.4) is 0 Å². The van der Waals surface area contributed by atoms with E-state index in [-0.39, 0.29) is 0 Å². The van der Waals surface area contributed by atoms with Crippen LogP contribution >= 0.6 is 0 Å². The molecule has 3 heteroatoms. The molecule has 1 unspecified atom stereocenters. The summed E-state index contributed by atoms with van der Waals surface area (Å²) in [5.74, 6) is 2.66. The SMILES string of the molecule is C#CCC(CC)NCc1ccn[nH]1. The van der Waals surface area contributed by atoms with Gasteiger partial charge in [-0.05, 0) is 12.5 Å². The van der Waals surface area contributed by atoms with Crippen molar-refractivity contribution in [2.24, 2.45) is 0 Å². The molecule has 0 aliphatic heterocycles. The third kappa shape index (κ3) is 3.30. The third-order valence-corrected chi connectivity index (χ3v) is 2.00. The highest BCUT2D eigenvalue weighted by Crippen LogP contribution is 1.98. The Morgan fingerprint density at radius 2 is 2.62 bits per heavy atom. The van der Waals surface area contributed by atoms with E-state index >= 15 is 0 Å². The van der Waals surface area contributed by atoms with Crippen molar-refractivity contribution in [1.82, 2.24) is 15.5 Å². The maximum absolute atomic E-state index is 5.24. The van der Waals surface area contributed by atoms with Gasteiger partial charge in [0, 0.05) is 30.9 Å². The predicted molar refractivity (Wildman–Crippen MR) is 53.0 cm³/mol. The van der Waals surface area contributed by atoms with Gasteiger partial charge >= 0.3 is 0 Å². The molecular weight excluding hydrogens is 162 g/mol. The second-order valence-electron chi connectivity index (χ2n) is 2.98. The Kier molecular flexibility index (Phi) is 4.07. The smallest absolute Gasteiger partial charge is 0.0490 e. The quantitative estimate of drug-likeness (QED) is 0.666. The molecule has 13 heavy (non-hydrogen) atoms. The van der Waals surface area contributed by atoms with Crippen LogP contribution in [0.15, 0.2) is 12.3 Å². The van der Waals surface area contributed by atoms with Crippen molar-refractivity contribution in [3.05, 3.63) is 18.0 Å². The minimum atomic E-state index is 0.410. The molecule has 1 aromatic rings. The Bertz CT molecular complexity index is 258. The summed E-state index contributed by atoms with van der Waals surface area (Å²) < 4.78 is 0. The number of aromatic amines is 1. The normalized spacial score (nSPS) is 12.3. The van der Waals surface area contributed by atoms with E-state index in [1.807, 2.05) is 6.07 Å². The van der Waals surface area contributed by atoms with Gasteiger partial charge in [0.05, 0.1) is 0 Å². The molecule has 1 rings (SSSR count). The molecule has 1 atom stereocenters. The summed E-state index contributed by atoms with van der Waals surface area (Å²) >= 11 is 0. The van der Waals surface area contributed by atoms with Gasteiger partial charge in [-0.15, -0.1) is 12.3 Å². The second-order valence-corrected chi connectivity index (χ2v) is 2.98. The van der Waals surface area contributed by atoms with Crippen LogP contribution in [0, 0.1) is 12.3 Å². The zero-order chi connectivity index (χ0) is 9.52. The van der Waals surface area contributed by atoms with Crippen molar-refractivity contribution in [2.75, 3.05) is 0 Å². The number of terminal acetylenes is 1. The number of nitrogens with zero attached hydrogens (tertiary/aromatic N) is 1. The molecule has 1 heterocycles. The number of aromatic nitrogens is 2. The fourth-order valence-electron chi connectivity index (χ4n) is 1.14. The lowest BCUT2D eigenvalue weighted by atomic mass is 10.1. The minimum absolute atomic E-state index is 0.410. The lowest BCUT2D eigenvalue weighted by Crippen LogP contribution is -2.27. The summed E-state index contributed by atoms with van der Waals surface area (Å²) in [5.41, 5.74) is 1.09. The highest BCUT2D eigenvalue weighted by atomic mass is 15.1. The van der Waals surface area contributed by atoms with Gasteiger partial charge in [0.15, 0.2) is 0 Å². The fourth-order valence-corrected chi connectivity index (χ4v) is 1.14. The Balaban J connectivity index is 2.28. The Labute approximate surface area is 78.9 Å². The van der Waals surface area contributed by atoms with Gasteiger partial charge in [0.2, 0.25) is 0 Å². The predicted octanol–water partition coefficient (Wildman–Crippen LogP) is 1.30. The van der Waals surface area contributed by atoms with Crippen molar-refractivity contribution in [2.45, 2.75) is 32.4 Å². The molecule has 0 aliphatic carbocycles. The average Bonchev–Trinajstić information content (AvgIpc) is 2.64. The molecule has 1 aromatic heterocycles. The molecule has 0 saturated heterocycles. The van der Waals surface area contributed by atoms with E-state index in [1.54, 1.807) is 6.20 Å². The number of nitrogens with one attached hydrogen (secondary N) is 2. The fraction of sp³-hybridized carbons (Fsp3) is 0.500. The Morgan fingerprint density at radius 1 is 1.77 bits per heavy atom. The third-order valence-electron chi connectivity index (χ3n) is 2.00. The summed E-state index contributed by atoms with van der Waals surface area (Å²) in [6.07, 6.45) is 8.83. The standard InChI is InChI=1S/C10H15N3/c1-3-5-9(4-2)11-8-10-6-7-12-13-10/h1,6-7,9,11H,4-5,8H2,2H3,(H,12,13). The molecule has 0 amide bonds. The van der Waals surface area contributed by atoms with Gasteiger partial charge in [0.1, 0.15) is 0 Å². The van der Waals surface area contributed by atoms with E-state index in [2.05, 4.69) is 28.4 Å². The van der Waals surface area contributed by atoms with E-state index in [4.69, 9.17) is 6.42 Å². The molecule has 3 nitrogen and oxygen atoms in total. The lowest BCUT2D eigenvalue weighted by Gasteiger charge is -2.12. The van der Waals surface area contributed by atoms with E-state index < -0.39 is 0 Å². The van der Waals surface area contributed by atoms with Crippen LogP contribution in [-0.2, 0) is 6.54 Å². The van der Waals surface area contributed by atoms with Gasteiger partial charge < -0.3 is 5.32 Å². The van der Waals surface area contributed by atoms with Crippen molar-refractivity contribution in [1.29, 1.82) is 0 Å². The second kappa shape index (κ2) is 5.39. The summed E-state index contributed by atoms with van der Waals surface area (Å²) in [6.45, 7) is 2.93. The summed E-state index contributed by atoms with van der Waals surface area (Å²) in [6, 6.07) is 2.36. The van der Waals surface area contributed by atoms with E-state index in [9.17, 15) is 0 Å². The number of hydrogen-bond donors (Lipinski definition) is 2. The highest BCUT2D eigenvalue weighted by Gasteiger charge is 2.03. The highest BCUT2D eigenvalue weighted by molar-refractivity contribution is 4.98. The molecule has 0 bridgehead atoms. The van der Waals surface area contributed by atoms with Crippen LogP contribution in [0.25, 0.3) is 0 Å². The zero-order valence-corrected chi connectivity index (χ0v) is 7.88. The number of rotatable bonds is 5. The first-order chi connectivity index (χ1) is 6.36. The van der Waals surface area contributed by atoms with E-state index in [1.165, 1.54) is 0 Å². The molecule has 0 spiro atoms. The zero-order valence-electron chi connectivity index (χ0n) is 7.88. The van der Waals surface area contributed by atoms with Gasteiger partial charge in [-0.3, -0.25) is 5.10 Å². The van der Waals surface area contributed by atoms with Crippen LogP contribution in [0.4, 0.5) is 0 Å². The van der Waals surface area contributed by atoms with E-state index in [0.29, 0.717) is 6.04 Å². The molecule has 0 aromatic carbocycles. The monoisotopic (exact) mass is 177 g/mol. The first kappa shape index (κ1) is 9.82. The summed E-state index contributed by atoms with van der Waals surface area (Å²) in [7, 11) is 0. The average molecular weight is 177 g/mol. The first-order valence-electron chi connectivity index (χ1n) is 4.52. The van der Waals surface area contributed by atoms with Crippen molar-refractivity contribution in [3.63, 3.8) is 0 Å². The molecule has 2 N–H and O–H groups in total. The maximum atomic E-state index is 5.24. The summed E-state index contributed by atoms with van der Waals surface area (Å²) in [4.78, 5) is 0. The number of hydrogen-bond acceptors (Lipinski definition) is 2. The van der Waals surface area contributed by atoms with Gasteiger partial charge in [0.25, 0.3) is 0 Å². The summed E-state index contributed by atoms with van der Waals surface area (Å²) in [5, 5.41) is 10.1. The van der Waals surface area contributed by atoms with E-state index in [0.717, 1.165) is 25.1 Å². The minimum Gasteiger partial charge on any atom is -0.307 e. The molecule has 0 aliphatic rings. The first-order valence-corrected chi connectivity index (χ1v) is 4.52. The molecule has 0 fully saturated rings. The van der Waals surface area contributed by atoms with Gasteiger partial charge in [-0.25, -0.2) is 0 Å². The molecule has 0 radical (unpaired) electrons. The largest absolute Gasteiger partial charge is 0.307 e. The van der Waals surface area contributed by atoms with Crippen molar-refractivity contribution >= 4 is 0 Å². The molecular formula is C10H15N3. The molecule has 70 valence electrons. The van der Waals surface area contributed by atoms with Crippen LogP contribution in [0.2, 0.25) is 0 Å². The maximum Gasteiger partial charge on any atom is 0.0490 e. The van der Waals surface area contributed by atoms with Crippen LogP contribution in [-0.4, -0.2) is 16.2 Å². The van der Waals surface area contributed by atoms with Crippen molar-refractivity contribution < 1.29 is 0 Å².